The van der Waals surface area contributed by atoms with Crippen LogP contribution >= 0.6 is 0 Å². The van der Waals surface area contributed by atoms with Gasteiger partial charge in [0.15, 0.2) is 0 Å². The molecule has 0 radical (unpaired) electrons. The second kappa shape index (κ2) is 7.75. The van der Waals surface area contributed by atoms with E-state index in [1.807, 2.05) is 13.0 Å². The fourth-order valence-electron chi connectivity index (χ4n) is 1.92. The van der Waals surface area contributed by atoms with Crippen LogP contribution in [0.5, 0.6) is 5.75 Å². The molecule has 0 N–H and O–H groups in total. The summed E-state index contributed by atoms with van der Waals surface area (Å²) in [6.45, 7) is 4.36. The van der Waals surface area contributed by atoms with Crippen LogP contribution in [0.3, 0.4) is 0 Å². The number of ether oxygens (including phenoxy) is 2. The standard InChI is InChI=1S/C15H22O3/c1-4-18-15(16)8-6-5-7-13-9-12(2)10-14(11-13)17-3/h9-11H,4-8H2,1-3H3. The average molecular weight is 250 g/mol. The van der Waals surface area contributed by atoms with Crippen molar-refractivity contribution < 1.29 is 14.3 Å². The molecule has 0 aliphatic rings. The highest BCUT2D eigenvalue weighted by Gasteiger charge is 2.02. The van der Waals surface area contributed by atoms with E-state index < -0.39 is 0 Å². The minimum atomic E-state index is -0.0978. The van der Waals surface area contributed by atoms with Crippen LogP contribution in [-0.4, -0.2) is 19.7 Å². The molecule has 1 aromatic rings. The molecule has 0 unspecified atom stereocenters. The number of hydrogen-bond acceptors (Lipinski definition) is 3. The van der Waals surface area contributed by atoms with E-state index in [-0.39, 0.29) is 5.97 Å². The Labute approximate surface area is 109 Å². The number of hydrogen-bond donors (Lipinski definition) is 0. The first-order valence-electron chi connectivity index (χ1n) is 6.46. The van der Waals surface area contributed by atoms with Gasteiger partial charge in [-0.1, -0.05) is 6.07 Å². The summed E-state index contributed by atoms with van der Waals surface area (Å²) in [5.41, 5.74) is 2.46. The number of unbranched alkanes of at least 4 members (excludes halogenated alkanes) is 1. The van der Waals surface area contributed by atoms with Crippen LogP contribution in [-0.2, 0) is 16.0 Å². The van der Waals surface area contributed by atoms with Crippen molar-refractivity contribution in [3.63, 3.8) is 0 Å². The Kier molecular flexibility index (Phi) is 6.26. The molecule has 0 bridgehead atoms. The highest BCUT2D eigenvalue weighted by Crippen LogP contribution is 2.18. The molecule has 0 aliphatic carbocycles. The molecule has 0 spiro atoms. The summed E-state index contributed by atoms with van der Waals surface area (Å²) in [6, 6.07) is 6.23. The summed E-state index contributed by atoms with van der Waals surface area (Å²) in [5, 5.41) is 0. The molecule has 0 atom stereocenters. The average Bonchev–Trinajstić information content (AvgIpc) is 2.34. The van der Waals surface area contributed by atoms with Crippen molar-refractivity contribution in [2.45, 2.75) is 39.5 Å². The Bertz CT molecular complexity index is 385. The van der Waals surface area contributed by atoms with Gasteiger partial charge in [0.2, 0.25) is 0 Å². The zero-order valence-corrected chi connectivity index (χ0v) is 11.5. The molecule has 0 fully saturated rings. The van der Waals surface area contributed by atoms with Gasteiger partial charge < -0.3 is 9.47 Å². The van der Waals surface area contributed by atoms with Crippen LogP contribution in [0.15, 0.2) is 18.2 Å². The second-order valence-corrected chi connectivity index (χ2v) is 4.37. The number of benzene rings is 1. The molecular formula is C15H22O3. The lowest BCUT2D eigenvalue weighted by molar-refractivity contribution is -0.143. The van der Waals surface area contributed by atoms with E-state index in [2.05, 4.69) is 19.1 Å². The molecule has 0 aliphatic heterocycles. The van der Waals surface area contributed by atoms with E-state index in [0.29, 0.717) is 13.0 Å². The lowest BCUT2D eigenvalue weighted by Gasteiger charge is -2.07. The maximum Gasteiger partial charge on any atom is 0.305 e. The number of methoxy groups -OCH3 is 1. The Hall–Kier alpha value is -1.51. The van der Waals surface area contributed by atoms with Crippen LogP contribution in [0.4, 0.5) is 0 Å². The molecule has 0 saturated heterocycles. The highest BCUT2D eigenvalue weighted by molar-refractivity contribution is 5.69. The van der Waals surface area contributed by atoms with E-state index >= 15 is 0 Å². The normalized spacial score (nSPS) is 10.2. The Morgan fingerprint density at radius 2 is 2.00 bits per heavy atom. The molecule has 1 aromatic carbocycles. The molecule has 1 rings (SSSR count). The Morgan fingerprint density at radius 1 is 1.22 bits per heavy atom. The van der Waals surface area contributed by atoms with Gasteiger partial charge in [-0.2, -0.15) is 0 Å². The first-order chi connectivity index (χ1) is 8.65. The zero-order chi connectivity index (χ0) is 13.4. The van der Waals surface area contributed by atoms with E-state index in [1.54, 1.807) is 7.11 Å². The maximum atomic E-state index is 11.2. The van der Waals surface area contributed by atoms with Crippen molar-refractivity contribution in [1.82, 2.24) is 0 Å². The molecule has 0 amide bonds. The molecule has 3 nitrogen and oxygen atoms in total. The predicted molar refractivity (Wildman–Crippen MR) is 71.9 cm³/mol. The van der Waals surface area contributed by atoms with Gasteiger partial charge in [0.25, 0.3) is 0 Å². The zero-order valence-electron chi connectivity index (χ0n) is 11.5. The van der Waals surface area contributed by atoms with Gasteiger partial charge in [0, 0.05) is 6.42 Å². The summed E-state index contributed by atoms with van der Waals surface area (Å²) in [6.07, 6.45) is 3.34. The number of carbonyl (C=O) groups excluding carboxylic acids is 1. The lowest BCUT2D eigenvalue weighted by atomic mass is 10.0. The van der Waals surface area contributed by atoms with Crippen molar-refractivity contribution in [2.24, 2.45) is 0 Å². The third-order valence-corrected chi connectivity index (χ3v) is 2.75. The predicted octanol–water partition coefficient (Wildman–Crippen LogP) is 3.28. The first-order valence-corrected chi connectivity index (χ1v) is 6.46. The van der Waals surface area contributed by atoms with Crippen LogP contribution in [0.1, 0.15) is 37.3 Å². The van der Waals surface area contributed by atoms with Crippen LogP contribution in [0.2, 0.25) is 0 Å². The number of aryl methyl sites for hydroxylation is 2. The molecule has 0 heterocycles. The largest absolute Gasteiger partial charge is 0.497 e. The highest BCUT2D eigenvalue weighted by atomic mass is 16.5. The minimum absolute atomic E-state index is 0.0978. The van der Waals surface area contributed by atoms with Crippen molar-refractivity contribution >= 4 is 5.97 Å². The van der Waals surface area contributed by atoms with Crippen molar-refractivity contribution in [2.75, 3.05) is 13.7 Å². The van der Waals surface area contributed by atoms with Gasteiger partial charge in [0.05, 0.1) is 13.7 Å². The second-order valence-electron chi connectivity index (χ2n) is 4.37. The number of rotatable bonds is 7. The van der Waals surface area contributed by atoms with Gasteiger partial charge in [0.1, 0.15) is 5.75 Å². The fraction of sp³-hybridized carbons (Fsp3) is 0.533. The van der Waals surface area contributed by atoms with Gasteiger partial charge >= 0.3 is 5.97 Å². The Morgan fingerprint density at radius 3 is 2.67 bits per heavy atom. The SMILES string of the molecule is CCOC(=O)CCCCc1cc(C)cc(OC)c1. The van der Waals surface area contributed by atoms with Crippen LogP contribution in [0, 0.1) is 6.92 Å². The third-order valence-electron chi connectivity index (χ3n) is 2.75. The molecule has 0 saturated carbocycles. The van der Waals surface area contributed by atoms with Gasteiger partial charge in [-0.3, -0.25) is 4.79 Å². The minimum Gasteiger partial charge on any atom is -0.497 e. The number of esters is 1. The molecule has 100 valence electrons. The van der Waals surface area contributed by atoms with E-state index in [1.165, 1.54) is 11.1 Å². The molecule has 0 aromatic heterocycles. The maximum absolute atomic E-state index is 11.2. The van der Waals surface area contributed by atoms with Gasteiger partial charge in [-0.15, -0.1) is 0 Å². The van der Waals surface area contributed by atoms with E-state index in [9.17, 15) is 4.79 Å². The van der Waals surface area contributed by atoms with E-state index in [0.717, 1.165) is 25.0 Å². The first kappa shape index (κ1) is 14.6. The van der Waals surface area contributed by atoms with Gasteiger partial charge in [-0.05, 0) is 56.4 Å². The monoisotopic (exact) mass is 250 g/mol. The molecular weight excluding hydrogens is 228 g/mol. The smallest absolute Gasteiger partial charge is 0.305 e. The quantitative estimate of drug-likeness (QED) is 0.550. The summed E-state index contributed by atoms with van der Waals surface area (Å²) in [4.78, 5) is 11.2. The van der Waals surface area contributed by atoms with Crippen molar-refractivity contribution in [1.29, 1.82) is 0 Å². The summed E-state index contributed by atoms with van der Waals surface area (Å²) in [5.74, 6) is 0.801. The van der Waals surface area contributed by atoms with Crippen molar-refractivity contribution in [3.8, 4) is 5.75 Å². The molecule has 3 heteroatoms. The summed E-state index contributed by atoms with van der Waals surface area (Å²) >= 11 is 0. The van der Waals surface area contributed by atoms with E-state index in [4.69, 9.17) is 9.47 Å². The summed E-state index contributed by atoms with van der Waals surface area (Å²) < 4.78 is 10.1. The fourth-order valence-corrected chi connectivity index (χ4v) is 1.92. The Balaban J connectivity index is 2.35. The summed E-state index contributed by atoms with van der Waals surface area (Å²) in [7, 11) is 1.68. The van der Waals surface area contributed by atoms with Crippen LogP contribution < -0.4 is 4.74 Å². The number of carbonyl (C=O) groups is 1. The third kappa shape index (κ3) is 5.21. The topological polar surface area (TPSA) is 35.5 Å². The molecule has 18 heavy (non-hydrogen) atoms. The van der Waals surface area contributed by atoms with Crippen LogP contribution in [0.25, 0.3) is 0 Å². The lowest BCUT2D eigenvalue weighted by Crippen LogP contribution is -2.03. The van der Waals surface area contributed by atoms with Gasteiger partial charge in [-0.25, -0.2) is 0 Å². The van der Waals surface area contributed by atoms with Crippen molar-refractivity contribution in [3.05, 3.63) is 29.3 Å².